The second kappa shape index (κ2) is 5.01. The predicted octanol–water partition coefficient (Wildman–Crippen LogP) is 2.37. The van der Waals surface area contributed by atoms with Crippen molar-refractivity contribution in [3.05, 3.63) is 28.7 Å². The first-order valence-corrected chi connectivity index (χ1v) is 7.14. The van der Waals surface area contributed by atoms with Crippen LogP contribution in [-0.2, 0) is 6.54 Å². The second-order valence-corrected chi connectivity index (χ2v) is 5.36. The SMILES string of the molecule is CCn1nc(-c2csc(C)n2)nc1-c1ccc(N)nc1. The van der Waals surface area contributed by atoms with Crippen molar-refractivity contribution in [3.63, 3.8) is 0 Å². The topological polar surface area (TPSA) is 82.5 Å². The molecular formula is C13H14N6S. The van der Waals surface area contributed by atoms with Gasteiger partial charge in [-0.1, -0.05) is 0 Å². The van der Waals surface area contributed by atoms with Gasteiger partial charge in [-0.15, -0.1) is 16.4 Å². The Morgan fingerprint density at radius 1 is 1.30 bits per heavy atom. The molecule has 3 aromatic heterocycles. The zero-order chi connectivity index (χ0) is 14.1. The lowest BCUT2D eigenvalue weighted by Gasteiger charge is -2.01. The van der Waals surface area contributed by atoms with Crippen LogP contribution in [0.15, 0.2) is 23.7 Å². The number of anilines is 1. The quantitative estimate of drug-likeness (QED) is 0.799. The molecule has 0 saturated heterocycles. The van der Waals surface area contributed by atoms with Gasteiger partial charge >= 0.3 is 0 Å². The molecule has 0 atom stereocenters. The summed E-state index contributed by atoms with van der Waals surface area (Å²) in [6, 6.07) is 3.66. The Morgan fingerprint density at radius 3 is 2.75 bits per heavy atom. The van der Waals surface area contributed by atoms with Gasteiger partial charge in [-0.3, -0.25) is 0 Å². The van der Waals surface area contributed by atoms with Gasteiger partial charge in [-0.2, -0.15) is 0 Å². The van der Waals surface area contributed by atoms with Crippen molar-refractivity contribution in [2.24, 2.45) is 0 Å². The standard InChI is InChI=1S/C13H14N6S/c1-3-19-13(9-4-5-11(14)15-6-9)17-12(18-19)10-7-20-8(2)16-10/h4-7H,3H2,1-2H3,(H2,14,15). The van der Waals surface area contributed by atoms with Crippen LogP contribution in [0, 0.1) is 6.92 Å². The summed E-state index contributed by atoms with van der Waals surface area (Å²) >= 11 is 1.59. The zero-order valence-corrected chi connectivity index (χ0v) is 12.1. The van der Waals surface area contributed by atoms with E-state index >= 15 is 0 Å². The first-order valence-electron chi connectivity index (χ1n) is 6.26. The normalized spacial score (nSPS) is 10.9. The van der Waals surface area contributed by atoms with E-state index in [1.807, 2.05) is 30.0 Å². The van der Waals surface area contributed by atoms with Crippen LogP contribution in [0.3, 0.4) is 0 Å². The summed E-state index contributed by atoms with van der Waals surface area (Å²) in [4.78, 5) is 13.1. The molecule has 7 heteroatoms. The lowest BCUT2D eigenvalue weighted by atomic mass is 10.2. The van der Waals surface area contributed by atoms with Gasteiger partial charge in [0.25, 0.3) is 0 Å². The number of nitrogen functional groups attached to an aromatic ring is 1. The first kappa shape index (κ1) is 12.7. The molecule has 0 aliphatic carbocycles. The van der Waals surface area contributed by atoms with Crippen LogP contribution in [0.25, 0.3) is 22.9 Å². The maximum absolute atomic E-state index is 5.61. The lowest BCUT2D eigenvalue weighted by molar-refractivity contribution is 0.667. The number of thiazole rings is 1. The molecule has 0 aliphatic heterocycles. The first-order chi connectivity index (χ1) is 9.67. The Morgan fingerprint density at radius 2 is 2.15 bits per heavy atom. The Hall–Kier alpha value is -2.28. The highest BCUT2D eigenvalue weighted by molar-refractivity contribution is 7.09. The second-order valence-electron chi connectivity index (χ2n) is 4.30. The molecular weight excluding hydrogens is 272 g/mol. The van der Waals surface area contributed by atoms with E-state index < -0.39 is 0 Å². The summed E-state index contributed by atoms with van der Waals surface area (Å²) in [7, 11) is 0. The Labute approximate surface area is 120 Å². The molecule has 3 rings (SSSR count). The van der Waals surface area contributed by atoms with Crippen molar-refractivity contribution in [2.75, 3.05) is 5.73 Å². The smallest absolute Gasteiger partial charge is 0.201 e. The Balaban J connectivity index is 2.07. The average molecular weight is 286 g/mol. The fraction of sp³-hybridized carbons (Fsp3) is 0.231. The van der Waals surface area contributed by atoms with Gasteiger partial charge in [0.2, 0.25) is 5.82 Å². The van der Waals surface area contributed by atoms with E-state index in [1.54, 1.807) is 23.6 Å². The summed E-state index contributed by atoms with van der Waals surface area (Å²) in [6.07, 6.45) is 1.71. The number of aryl methyl sites for hydroxylation is 2. The van der Waals surface area contributed by atoms with Crippen LogP contribution in [0.4, 0.5) is 5.82 Å². The van der Waals surface area contributed by atoms with E-state index in [-0.39, 0.29) is 0 Å². The largest absolute Gasteiger partial charge is 0.384 e. The maximum atomic E-state index is 5.61. The maximum Gasteiger partial charge on any atom is 0.201 e. The van der Waals surface area contributed by atoms with E-state index in [9.17, 15) is 0 Å². The minimum absolute atomic E-state index is 0.492. The summed E-state index contributed by atoms with van der Waals surface area (Å²) in [5.74, 6) is 1.91. The van der Waals surface area contributed by atoms with Crippen molar-refractivity contribution < 1.29 is 0 Å². The van der Waals surface area contributed by atoms with Gasteiger partial charge < -0.3 is 5.73 Å². The van der Waals surface area contributed by atoms with Crippen LogP contribution >= 0.6 is 11.3 Å². The average Bonchev–Trinajstić information content (AvgIpc) is 3.05. The summed E-state index contributed by atoms with van der Waals surface area (Å²) in [6.45, 7) is 4.73. The van der Waals surface area contributed by atoms with Crippen LogP contribution in [-0.4, -0.2) is 24.7 Å². The third kappa shape index (κ3) is 2.27. The van der Waals surface area contributed by atoms with Crippen molar-refractivity contribution in [1.29, 1.82) is 0 Å². The van der Waals surface area contributed by atoms with E-state index in [0.29, 0.717) is 11.6 Å². The van der Waals surface area contributed by atoms with E-state index in [0.717, 1.165) is 28.6 Å². The number of hydrogen-bond donors (Lipinski definition) is 1. The molecule has 2 N–H and O–H groups in total. The molecule has 0 radical (unpaired) electrons. The fourth-order valence-electron chi connectivity index (χ4n) is 1.89. The predicted molar refractivity (Wildman–Crippen MR) is 79.2 cm³/mol. The molecule has 3 heterocycles. The Kier molecular flexibility index (Phi) is 3.19. The number of hydrogen-bond acceptors (Lipinski definition) is 6. The molecule has 6 nitrogen and oxygen atoms in total. The third-order valence-corrected chi connectivity index (χ3v) is 3.64. The van der Waals surface area contributed by atoms with Crippen LogP contribution in [0.5, 0.6) is 0 Å². The number of pyridine rings is 1. The highest BCUT2D eigenvalue weighted by atomic mass is 32.1. The van der Waals surface area contributed by atoms with E-state index in [1.165, 1.54) is 0 Å². The fourth-order valence-corrected chi connectivity index (χ4v) is 2.48. The summed E-state index contributed by atoms with van der Waals surface area (Å²) in [5, 5.41) is 7.47. The van der Waals surface area contributed by atoms with Gasteiger partial charge in [-0.25, -0.2) is 19.6 Å². The molecule has 0 fully saturated rings. The molecule has 0 aromatic carbocycles. The van der Waals surface area contributed by atoms with Crippen molar-refractivity contribution in [1.82, 2.24) is 24.7 Å². The zero-order valence-electron chi connectivity index (χ0n) is 11.2. The molecule has 0 spiro atoms. The van der Waals surface area contributed by atoms with Gasteiger partial charge in [0.15, 0.2) is 5.82 Å². The molecule has 20 heavy (non-hydrogen) atoms. The molecule has 0 aliphatic rings. The minimum Gasteiger partial charge on any atom is -0.384 e. The molecule has 0 bridgehead atoms. The summed E-state index contributed by atoms with van der Waals surface area (Å²) < 4.78 is 1.84. The minimum atomic E-state index is 0.492. The van der Waals surface area contributed by atoms with Gasteiger partial charge in [0, 0.05) is 23.7 Å². The van der Waals surface area contributed by atoms with Crippen molar-refractivity contribution in [3.8, 4) is 22.9 Å². The molecule has 0 amide bonds. The van der Waals surface area contributed by atoms with Crippen LogP contribution in [0.2, 0.25) is 0 Å². The van der Waals surface area contributed by atoms with Crippen LogP contribution < -0.4 is 5.73 Å². The highest BCUT2D eigenvalue weighted by Crippen LogP contribution is 2.23. The number of nitrogens with two attached hydrogens (primary N) is 1. The number of rotatable bonds is 3. The molecule has 0 saturated carbocycles. The highest BCUT2D eigenvalue weighted by Gasteiger charge is 2.14. The van der Waals surface area contributed by atoms with Gasteiger partial charge in [0.1, 0.15) is 11.5 Å². The molecule has 102 valence electrons. The van der Waals surface area contributed by atoms with Gasteiger partial charge in [-0.05, 0) is 26.0 Å². The number of nitrogens with zero attached hydrogens (tertiary/aromatic N) is 5. The van der Waals surface area contributed by atoms with Gasteiger partial charge in [0.05, 0.1) is 5.01 Å². The third-order valence-electron chi connectivity index (χ3n) is 2.86. The monoisotopic (exact) mass is 286 g/mol. The lowest BCUT2D eigenvalue weighted by Crippen LogP contribution is -2.00. The number of aromatic nitrogens is 5. The van der Waals surface area contributed by atoms with Crippen molar-refractivity contribution in [2.45, 2.75) is 20.4 Å². The molecule has 0 unspecified atom stereocenters. The van der Waals surface area contributed by atoms with Crippen molar-refractivity contribution >= 4 is 17.2 Å². The summed E-state index contributed by atoms with van der Waals surface area (Å²) in [5.41, 5.74) is 7.32. The Bertz CT molecular complexity index is 728. The molecule has 3 aromatic rings. The van der Waals surface area contributed by atoms with Crippen LogP contribution in [0.1, 0.15) is 11.9 Å². The van der Waals surface area contributed by atoms with E-state index in [2.05, 4.69) is 20.1 Å². The van der Waals surface area contributed by atoms with E-state index in [4.69, 9.17) is 5.73 Å².